The number of rotatable bonds is 4. The van der Waals surface area contributed by atoms with Crippen LogP contribution in [0.3, 0.4) is 0 Å². The van der Waals surface area contributed by atoms with Crippen LogP contribution < -0.4 is 5.46 Å². The van der Waals surface area contributed by atoms with Crippen molar-refractivity contribution in [2.24, 2.45) is 0 Å². The van der Waals surface area contributed by atoms with E-state index in [1.165, 1.54) is 5.39 Å². The van der Waals surface area contributed by atoms with Crippen LogP contribution in [0.4, 0.5) is 0 Å². The fraction of sp³-hybridized carbons (Fsp3) is 0.0303. The minimum atomic E-state index is -1.40. The molecule has 0 atom stereocenters. The molecule has 2 aromatic heterocycles. The molecule has 0 amide bonds. The molecular weight excluding hydrogens is 579 g/mol. The predicted molar refractivity (Wildman–Crippen MR) is 170 cm³/mol. The number of fused-ring (bicyclic) bond motifs is 2. The number of pyridine rings is 2. The molecule has 6 rings (SSSR count). The van der Waals surface area contributed by atoms with Gasteiger partial charge in [-0.3, -0.25) is 9.59 Å². The quantitative estimate of drug-likeness (QED) is 0.134. The van der Waals surface area contributed by atoms with Crippen molar-refractivity contribution >= 4 is 62.6 Å². The van der Waals surface area contributed by atoms with Crippen LogP contribution in [0, 0.1) is 0 Å². The lowest BCUT2D eigenvalue weighted by molar-refractivity contribution is 0.111. The van der Waals surface area contributed by atoms with Crippen LogP contribution in [0.2, 0.25) is 0 Å². The Morgan fingerprint density at radius 3 is 1.71 bits per heavy atom. The van der Waals surface area contributed by atoms with Gasteiger partial charge in [0, 0.05) is 5.56 Å². The molecule has 0 fully saturated rings. The average Bonchev–Trinajstić information content (AvgIpc) is 3.01. The zero-order valence-electron chi connectivity index (χ0n) is 21.3. The lowest BCUT2D eigenvalue weighted by Crippen LogP contribution is -2.30. The van der Waals surface area contributed by atoms with Crippen molar-refractivity contribution in [3.05, 3.63) is 137 Å². The molecule has 41 heavy (non-hydrogen) atoms. The molecule has 6 aromatic rings. The van der Waals surface area contributed by atoms with E-state index in [1.54, 1.807) is 30.3 Å². The molecule has 0 saturated carbocycles. The van der Waals surface area contributed by atoms with Crippen molar-refractivity contribution in [1.82, 2.24) is 9.97 Å². The van der Waals surface area contributed by atoms with E-state index in [4.69, 9.17) is 10.0 Å². The number of aldehydes is 2. The second-order valence-corrected chi connectivity index (χ2v) is 9.35. The number of hydrogen-bond donors (Lipinski definition) is 2. The zero-order valence-corrected chi connectivity index (χ0v) is 22.8. The van der Waals surface area contributed by atoms with E-state index in [2.05, 4.69) is 44.1 Å². The second-order valence-electron chi connectivity index (χ2n) is 8.54. The summed E-state index contributed by atoms with van der Waals surface area (Å²) in [7, 11) is -1.40. The average molecular weight is 607 g/mol. The highest BCUT2D eigenvalue weighted by molar-refractivity contribution is 9.10. The Balaban J connectivity index is 0.000000177. The fourth-order valence-corrected chi connectivity index (χ4v) is 4.44. The largest absolute Gasteiger partial charge is 0.489 e. The Kier molecular flexibility index (Phi) is 11.6. The van der Waals surface area contributed by atoms with Gasteiger partial charge < -0.3 is 10.0 Å². The Morgan fingerprint density at radius 2 is 1.10 bits per heavy atom. The van der Waals surface area contributed by atoms with Crippen LogP contribution in [-0.4, -0.2) is 39.7 Å². The number of hydrogen-bond acceptors (Lipinski definition) is 6. The Morgan fingerprint density at radius 1 is 0.585 bits per heavy atom. The van der Waals surface area contributed by atoms with Gasteiger partial charge in [-0.25, -0.2) is 9.97 Å². The van der Waals surface area contributed by atoms with Gasteiger partial charge in [0.25, 0.3) is 0 Å². The smallest absolute Gasteiger partial charge is 0.423 e. The molecule has 0 aliphatic heterocycles. The summed E-state index contributed by atoms with van der Waals surface area (Å²) >= 11 is 3.13. The van der Waals surface area contributed by atoms with E-state index >= 15 is 0 Å². The first-order valence-corrected chi connectivity index (χ1v) is 13.1. The summed E-state index contributed by atoms with van der Waals surface area (Å²) in [5.74, 6) is 0. The zero-order chi connectivity index (χ0) is 28.3. The molecule has 0 aliphatic carbocycles. The molecule has 0 aliphatic rings. The van der Waals surface area contributed by atoms with E-state index in [0.29, 0.717) is 27.7 Å². The monoisotopic (exact) mass is 606 g/mol. The highest BCUT2D eigenvalue weighted by Crippen LogP contribution is 2.27. The maximum Gasteiger partial charge on any atom is 0.489 e. The normalized spacial score (nSPS) is 9.83. The first-order chi connectivity index (χ1) is 19.5. The van der Waals surface area contributed by atoms with Crippen molar-refractivity contribution in [2.75, 3.05) is 0 Å². The van der Waals surface area contributed by atoms with Crippen molar-refractivity contribution in [2.45, 2.75) is 7.43 Å². The first kappa shape index (κ1) is 31.0. The number of aromatic nitrogens is 2. The molecule has 0 bridgehead atoms. The summed E-state index contributed by atoms with van der Waals surface area (Å²) in [5.41, 5.74) is 3.34. The van der Waals surface area contributed by atoms with Gasteiger partial charge in [0.05, 0.1) is 5.69 Å². The standard InChI is InChI=1S/C16H11NO.C10H9BO2.C6H4BrNO.CH4/c18-11-13-7-4-10-16(17-13)15-9-3-6-12-5-1-2-8-14(12)15;12-11(13)10-7-3-5-8-4-1-2-6-9(8)10;7-6-3-1-2-5(4-9)8-6;/h1-11H;1-7,12-13H;1-4H;1H4. The van der Waals surface area contributed by atoms with E-state index in [-0.39, 0.29) is 7.43 Å². The van der Waals surface area contributed by atoms with Crippen molar-refractivity contribution in [3.63, 3.8) is 0 Å². The molecule has 0 radical (unpaired) electrons. The van der Waals surface area contributed by atoms with E-state index < -0.39 is 7.12 Å². The van der Waals surface area contributed by atoms with Gasteiger partial charge in [-0.2, -0.15) is 0 Å². The Bertz CT molecular complexity index is 1750. The number of halogens is 1. The Labute approximate surface area is 247 Å². The van der Waals surface area contributed by atoms with Crippen LogP contribution in [0.25, 0.3) is 32.8 Å². The minimum Gasteiger partial charge on any atom is -0.423 e. The van der Waals surface area contributed by atoms with Crippen LogP contribution in [0.15, 0.2) is 126 Å². The predicted octanol–water partition coefficient (Wildman–Crippen LogP) is 6.53. The van der Waals surface area contributed by atoms with E-state index in [9.17, 15) is 9.59 Å². The van der Waals surface area contributed by atoms with Gasteiger partial charge in [-0.15, -0.1) is 0 Å². The van der Waals surface area contributed by atoms with Crippen LogP contribution in [-0.2, 0) is 0 Å². The molecule has 2 N–H and O–H groups in total. The van der Waals surface area contributed by atoms with Crippen LogP contribution >= 0.6 is 15.9 Å². The van der Waals surface area contributed by atoms with Gasteiger partial charge in [0.2, 0.25) is 0 Å². The number of carbonyl (C=O) groups is 2. The molecule has 4 aromatic carbocycles. The van der Waals surface area contributed by atoms with Gasteiger partial charge in [0.1, 0.15) is 16.0 Å². The number of nitrogens with zero attached hydrogens (tertiary/aromatic N) is 2. The third-order valence-electron chi connectivity index (χ3n) is 5.92. The topological polar surface area (TPSA) is 100 Å². The molecule has 6 nitrogen and oxygen atoms in total. The van der Waals surface area contributed by atoms with Crippen molar-refractivity contribution in [1.29, 1.82) is 0 Å². The van der Waals surface area contributed by atoms with Gasteiger partial charge in [-0.05, 0) is 67.2 Å². The van der Waals surface area contributed by atoms with Gasteiger partial charge in [-0.1, -0.05) is 104 Å². The number of carbonyl (C=O) groups excluding carboxylic acids is 2. The highest BCUT2D eigenvalue weighted by Gasteiger charge is 2.13. The molecule has 0 spiro atoms. The third kappa shape index (κ3) is 8.25. The molecule has 8 heteroatoms. The van der Waals surface area contributed by atoms with Gasteiger partial charge >= 0.3 is 7.12 Å². The van der Waals surface area contributed by atoms with Crippen LogP contribution in [0.1, 0.15) is 28.4 Å². The lowest BCUT2D eigenvalue weighted by Gasteiger charge is -2.06. The van der Waals surface area contributed by atoms with E-state index in [1.807, 2.05) is 72.8 Å². The SMILES string of the molecule is C.O=Cc1cccc(-c2cccc3ccccc23)n1.O=Cc1cccc(Br)n1.OB(O)c1cccc2ccccc12. The van der Waals surface area contributed by atoms with Crippen molar-refractivity contribution in [3.8, 4) is 11.3 Å². The second kappa shape index (κ2) is 15.3. The highest BCUT2D eigenvalue weighted by atomic mass is 79.9. The fourth-order valence-electron chi connectivity index (χ4n) is 4.08. The maximum atomic E-state index is 10.8. The summed E-state index contributed by atoms with van der Waals surface area (Å²) in [6.45, 7) is 0. The third-order valence-corrected chi connectivity index (χ3v) is 6.36. The lowest BCUT2D eigenvalue weighted by atomic mass is 9.77. The Hall–Kier alpha value is -4.50. The molecule has 0 unspecified atom stereocenters. The summed E-state index contributed by atoms with van der Waals surface area (Å²) in [5, 5.41) is 22.4. The molecule has 204 valence electrons. The minimum absolute atomic E-state index is 0. The molecular formula is C33H28BBrN2O4. The summed E-state index contributed by atoms with van der Waals surface area (Å²) in [6, 6.07) is 38.1. The summed E-state index contributed by atoms with van der Waals surface area (Å²) in [4.78, 5) is 29.1. The van der Waals surface area contributed by atoms with Crippen LogP contribution in [0.5, 0.6) is 0 Å². The maximum absolute atomic E-state index is 10.8. The van der Waals surface area contributed by atoms with Crippen molar-refractivity contribution < 1.29 is 19.6 Å². The molecule has 2 heterocycles. The van der Waals surface area contributed by atoms with E-state index in [0.717, 1.165) is 33.7 Å². The number of benzene rings is 4. The summed E-state index contributed by atoms with van der Waals surface area (Å²) in [6.07, 6.45) is 1.49. The first-order valence-electron chi connectivity index (χ1n) is 12.3. The molecule has 0 saturated heterocycles. The van der Waals surface area contributed by atoms with Gasteiger partial charge in [0.15, 0.2) is 12.6 Å². The summed E-state index contributed by atoms with van der Waals surface area (Å²) < 4.78 is 0.687.